The van der Waals surface area contributed by atoms with Gasteiger partial charge in [0, 0.05) is 62.7 Å². The lowest BCUT2D eigenvalue weighted by Crippen LogP contribution is -2.45. The third-order valence-corrected chi connectivity index (χ3v) is 7.71. The molecule has 0 aliphatic carbocycles. The number of nitrogens with one attached hydrogen (secondary N) is 1. The molecule has 1 aromatic carbocycles. The first-order valence-corrected chi connectivity index (χ1v) is 12.7. The molecule has 3 aliphatic rings. The largest absolute Gasteiger partial charge is 0.490 e. The van der Waals surface area contributed by atoms with Crippen molar-refractivity contribution in [3.63, 3.8) is 0 Å². The number of fused-ring (bicyclic) bond motifs is 1. The van der Waals surface area contributed by atoms with Gasteiger partial charge in [0.1, 0.15) is 17.0 Å². The zero-order valence-electron chi connectivity index (χ0n) is 22.3. The van der Waals surface area contributed by atoms with Crippen molar-refractivity contribution < 1.29 is 46.2 Å². The second-order valence-electron chi connectivity index (χ2n) is 11.2. The molecule has 0 bridgehead atoms. The number of amides is 1. The lowest BCUT2D eigenvalue weighted by Gasteiger charge is -2.32. The number of carboxylic acids is 1. The van der Waals surface area contributed by atoms with E-state index < -0.39 is 35.1 Å². The fraction of sp³-hybridized carbons (Fsp3) is 0.654. The van der Waals surface area contributed by atoms with Crippen LogP contribution in [-0.2, 0) is 19.1 Å². The van der Waals surface area contributed by atoms with E-state index in [4.69, 9.17) is 14.6 Å². The summed E-state index contributed by atoms with van der Waals surface area (Å²) in [5.74, 6) is -5.15. The van der Waals surface area contributed by atoms with Crippen LogP contribution in [0, 0.1) is 28.9 Å². The summed E-state index contributed by atoms with van der Waals surface area (Å²) in [6.07, 6.45) is -5.08. The van der Waals surface area contributed by atoms with Crippen LogP contribution in [0.25, 0.3) is 0 Å². The third kappa shape index (κ3) is 6.51. The van der Waals surface area contributed by atoms with Crippen LogP contribution in [0.1, 0.15) is 39.2 Å². The molecule has 4 rings (SSSR count). The van der Waals surface area contributed by atoms with Gasteiger partial charge in [0.2, 0.25) is 5.91 Å². The van der Waals surface area contributed by atoms with E-state index in [1.54, 1.807) is 11.8 Å². The van der Waals surface area contributed by atoms with Crippen LogP contribution in [0.3, 0.4) is 0 Å². The minimum absolute atomic E-state index is 0.00614. The van der Waals surface area contributed by atoms with E-state index in [1.165, 1.54) is 12.1 Å². The van der Waals surface area contributed by atoms with Gasteiger partial charge in [-0.2, -0.15) is 13.2 Å². The molecule has 0 saturated carbocycles. The quantitative estimate of drug-likeness (QED) is 0.429. The van der Waals surface area contributed by atoms with Gasteiger partial charge in [-0.3, -0.25) is 14.5 Å². The summed E-state index contributed by atoms with van der Waals surface area (Å²) < 4.78 is 65.4. The van der Waals surface area contributed by atoms with Gasteiger partial charge < -0.3 is 20.1 Å². The zero-order chi connectivity index (χ0) is 29.3. The van der Waals surface area contributed by atoms with Crippen molar-refractivity contribution in [1.82, 2.24) is 15.1 Å². The fourth-order valence-electron chi connectivity index (χ4n) is 5.60. The number of likely N-dealkylation sites (tertiary alicyclic amines) is 2. The molecular weight excluding hydrogens is 529 g/mol. The monoisotopic (exact) mass is 563 g/mol. The summed E-state index contributed by atoms with van der Waals surface area (Å²) >= 11 is 0. The Hall–Kier alpha value is -2.80. The number of carbonyl (C=O) groups excluding carboxylic acids is 2. The molecule has 4 atom stereocenters. The Morgan fingerprint density at radius 2 is 1.77 bits per heavy atom. The molecule has 3 saturated heterocycles. The Labute approximate surface area is 223 Å². The molecule has 0 radical (unpaired) electrons. The lowest BCUT2D eigenvalue weighted by molar-refractivity contribution is -0.192. The molecule has 3 heterocycles. The molecule has 2 N–H and O–H groups in total. The second-order valence-corrected chi connectivity index (χ2v) is 11.2. The van der Waals surface area contributed by atoms with Crippen LogP contribution < -0.4 is 5.32 Å². The van der Waals surface area contributed by atoms with E-state index in [2.05, 4.69) is 31.0 Å². The Kier molecular flexibility index (Phi) is 8.95. The van der Waals surface area contributed by atoms with E-state index in [0.29, 0.717) is 51.4 Å². The third-order valence-electron chi connectivity index (χ3n) is 7.71. The van der Waals surface area contributed by atoms with Gasteiger partial charge >= 0.3 is 18.1 Å². The van der Waals surface area contributed by atoms with Crippen molar-refractivity contribution >= 4 is 17.8 Å². The van der Waals surface area contributed by atoms with Crippen LogP contribution in [0.2, 0.25) is 0 Å². The van der Waals surface area contributed by atoms with Gasteiger partial charge in [-0.25, -0.2) is 13.6 Å². The number of halogens is 5. The van der Waals surface area contributed by atoms with E-state index in [1.807, 2.05) is 0 Å². The number of carboxylic acid groups (broad SMARTS) is 1. The number of hydrogen-bond donors (Lipinski definition) is 2. The zero-order valence-corrected chi connectivity index (χ0v) is 22.3. The highest BCUT2D eigenvalue weighted by Crippen LogP contribution is 2.43. The van der Waals surface area contributed by atoms with E-state index in [0.717, 1.165) is 6.07 Å². The first-order valence-electron chi connectivity index (χ1n) is 12.7. The number of benzene rings is 1. The van der Waals surface area contributed by atoms with Crippen LogP contribution in [0.5, 0.6) is 0 Å². The maximum atomic E-state index is 14.7. The van der Waals surface area contributed by atoms with Crippen LogP contribution in [-0.4, -0.2) is 90.3 Å². The molecule has 1 aromatic rings. The molecule has 8 nitrogen and oxygen atoms in total. The average molecular weight is 564 g/mol. The first kappa shape index (κ1) is 30.7. The normalized spacial score (nSPS) is 27.1. The molecule has 3 fully saturated rings. The van der Waals surface area contributed by atoms with Crippen molar-refractivity contribution in [2.75, 3.05) is 45.9 Å². The predicted molar refractivity (Wildman–Crippen MR) is 130 cm³/mol. The first-order chi connectivity index (χ1) is 18.0. The highest BCUT2D eigenvalue weighted by atomic mass is 19.4. The number of carbonyl (C=O) groups is 3. The van der Waals surface area contributed by atoms with Gasteiger partial charge in [0.05, 0.1) is 12.5 Å². The van der Waals surface area contributed by atoms with Crippen LogP contribution in [0.15, 0.2) is 18.2 Å². The molecule has 39 heavy (non-hydrogen) atoms. The van der Waals surface area contributed by atoms with E-state index in [9.17, 15) is 31.5 Å². The molecule has 13 heteroatoms. The molecule has 218 valence electrons. The SMILES string of the molecule is CCOC(=O)C12CNCC1CN(C(=O)C1CN(C(C)(C)C)CC1c1ccc(F)cc1F)C2.O=C(O)C(F)(F)F. The molecule has 0 spiro atoms. The van der Waals surface area contributed by atoms with Gasteiger partial charge in [0.15, 0.2) is 0 Å². The Bertz CT molecular complexity index is 1090. The second kappa shape index (κ2) is 11.4. The maximum absolute atomic E-state index is 14.7. The molecule has 0 aromatic heterocycles. The number of hydrogen-bond acceptors (Lipinski definition) is 6. The minimum atomic E-state index is -5.08. The smallest absolute Gasteiger partial charge is 0.475 e. The van der Waals surface area contributed by atoms with Crippen molar-refractivity contribution in [3.8, 4) is 0 Å². The maximum Gasteiger partial charge on any atom is 0.490 e. The average Bonchev–Trinajstić information content (AvgIpc) is 3.51. The van der Waals surface area contributed by atoms with Crippen LogP contribution in [0.4, 0.5) is 22.0 Å². The van der Waals surface area contributed by atoms with E-state index in [-0.39, 0.29) is 29.3 Å². The minimum Gasteiger partial charge on any atom is -0.475 e. The van der Waals surface area contributed by atoms with E-state index >= 15 is 0 Å². The summed E-state index contributed by atoms with van der Waals surface area (Å²) in [4.78, 5) is 39.4. The molecule has 1 amide bonds. The number of ether oxygens (including phenoxy) is 1. The number of nitrogens with zero attached hydrogens (tertiary/aromatic N) is 2. The summed E-state index contributed by atoms with van der Waals surface area (Å²) in [6, 6.07) is 3.60. The highest BCUT2D eigenvalue weighted by molar-refractivity contribution is 5.85. The number of aliphatic carboxylic acids is 1. The van der Waals surface area contributed by atoms with Crippen LogP contribution >= 0.6 is 0 Å². The molecule has 3 aliphatic heterocycles. The summed E-state index contributed by atoms with van der Waals surface area (Å²) in [6.45, 7) is 11.3. The molecular formula is C26H34F5N3O5. The van der Waals surface area contributed by atoms with Crippen molar-refractivity contribution in [2.24, 2.45) is 17.3 Å². The fourth-order valence-corrected chi connectivity index (χ4v) is 5.60. The lowest BCUT2D eigenvalue weighted by atomic mass is 9.81. The Morgan fingerprint density at radius 1 is 1.13 bits per heavy atom. The Morgan fingerprint density at radius 3 is 2.31 bits per heavy atom. The van der Waals surface area contributed by atoms with Gasteiger partial charge in [-0.15, -0.1) is 0 Å². The summed E-state index contributed by atoms with van der Waals surface area (Å²) in [7, 11) is 0. The standard InChI is InChI=1S/C24H33F2N3O3.C2HF3O2/c1-5-32-22(31)24-13-27-9-15(24)10-28(14-24)21(30)19-12-29(23(2,3)4)11-18(19)17-7-6-16(25)8-20(17)26;3-2(4,5)1(6)7/h6-8,15,18-19,27H,5,9-14H2,1-4H3;(H,6,7). The number of rotatable bonds is 4. The molecule has 4 unspecified atom stereocenters. The highest BCUT2D eigenvalue weighted by Gasteiger charge is 2.58. The number of alkyl halides is 3. The van der Waals surface area contributed by atoms with Gasteiger partial charge in [0.25, 0.3) is 0 Å². The predicted octanol–water partition coefficient (Wildman–Crippen LogP) is 3.02. The van der Waals surface area contributed by atoms with Crippen molar-refractivity contribution in [3.05, 3.63) is 35.4 Å². The summed E-state index contributed by atoms with van der Waals surface area (Å²) in [5.41, 5.74) is -0.538. The summed E-state index contributed by atoms with van der Waals surface area (Å²) in [5, 5.41) is 10.4. The van der Waals surface area contributed by atoms with Crippen molar-refractivity contribution in [1.29, 1.82) is 0 Å². The topological polar surface area (TPSA) is 99.2 Å². The van der Waals surface area contributed by atoms with Gasteiger partial charge in [-0.1, -0.05) is 6.07 Å². The number of esters is 1. The van der Waals surface area contributed by atoms with Crippen molar-refractivity contribution in [2.45, 2.75) is 45.3 Å². The van der Waals surface area contributed by atoms with Gasteiger partial charge in [-0.05, 0) is 39.3 Å². The Balaban J connectivity index is 0.000000532.